The number of benzene rings is 2. The van der Waals surface area contributed by atoms with Gasteiger partial charge in [-0.2, -0.15) is 0 Å². The number of carbonyl (C=O) groups excluding carboxylic acids is 3. The van der Waals surface area contributed by atoms with Crippen LogP contribution < -0.4 is 10.2 Å². The summed E-state index contributed by atoms with van der Waals surface area (Å²) in [5.41, 5.74) is 1.54. The maximum Gasteiger partial charge on any atom is 0.262 e. The van der Waals surface area contributed by atoms with Gasteiger partial charge in [-0.25, -0.2) is 8.78 Å². The summed E-state index contributed by atoms with van der Waals surface area (Å²) in [6, 6.07) is 11.1. The molecule has 1 N–H and O–H groups in total. The zero-order valence-electron chi connectivity index (χ0n) is 16.9. The number of fused-ring (bicyclic) bond motifs is 1. The van der Waals surface area contributed by atoms with Gasteiger partial charge in [-0.15, -0.1) is 0 Å². The third-order valence-electron chi connectivity index (χ3n) is 5.07. The number of nitrogens with one attached hydrogen (secondary N) is 1. The van der Waals surface area contributed by atoms with Crippen molar-refractivity contribution < 1.29 is 23.2 Å². The number of likely N-dealkylation sites (N-methyl/N-ethyl adjacent to an activating group) is 1. The van der Waals surface area contributed by atoms with Gasteiger partial charge in [-0.1, -0.05) is 12.1 Å². The lowest BCUT2D eigenvalue weighted by Gasteiger charge is -2.27. The third-order valence-corrected chi connectivity index (χ3v) is 5.07. The summed E-state index contributed by atoms with van der Waals surface area (Å²) >= 11 is 0. The number of hydrogen-bond donors (Lipinski definition) is 1. The third kappa shape index (κ3) is 4.02. The summed E-state index contributed by atoms with van der Waals surface area (Å²) in [5.74, 6) is -3.69. The molecule has 0 fully saturated rings. The average molecular weight is 433 g/mol. The van der Waals surface area contributed by atoms with Crippen LogP contribution in [0.3, 0.4) is 0 Å². The highest BCUT2D eigenvalue weighted by atomic mass is 19.2. The Morgan fingerprint density at radius 3 is 2.62 bits per heavy atom. The van der Waals surface area contributed by atoms with Crippen LogP contribution >= 0.6 is 0 Å². The van der Waals surface area contributed by atoms with Crippen molar-refractivity contribution >= 4 is 29.4 Å². The molecule has 8 heteroatoms. The number of halogens is 2. The number of Topliss-reactive ketones (excluding diaryl/α,β-unsaturated/α-hetero) is 1. The quantitative estimate of drug-likeness (QED) is 0.504. The highest BCUT2D eigenvalue weighted by Crippen LogP contribution is 2.31. The number of amides is 2. The molecule has 1 aliphatic rings. The summed E-state index contributed by atoms with van der Waals surface area (Å²) in [5, 5.41) is 2.76. The van der Waals surface area contributed by atoms with Gasteiger partial charge in [0.05, 0.1) is 11.3 Å². The molecular formula is C24H17F2N3O3. The fraction of sp³-hybridized carbons (Fsp3) is 0.0833. The zero-order valence-corrected chi connectivity index (χ0v) is 16.9. The smallest absolute Gasteiger partial charge is 0.262 e. The van der Waals surface area contributed by atoms with E-state index in [-0.39, 0.29) is 28.8 Å². The van der Waals surface area contributed by atoms with Gasteiger partial charge in [0.25, 0.3) is 11.8 Å². The minimum Gasteiger partial charge on any atom is -0.348 e. The highest BCUT2D eigenvalue weighted by Gasteiger charge is 2.33. The molecule has 0 saturated carbocycles. The Kier molecular flexibility index (Phi) is 5.59. The molecule has 0 unspecified atom stereocenters. The first-order chi connectivity index (χ1) is 15.3. The van der Waals surface area contributed by atoms with Gasteiger partial charge in [0, 0.05) is 37.1 Å². The van der Waals surface area contributed by atoms with Gasteiger partial charge in [0.1, 0.15) is 0 Å². The first-order valence-electron chi connectivity index (χ1n) is 9.66. The Morgan fingerprint density at radius 2 is 1.91 bits per heavy atom. The van der Waals surface area contributed by atoms with Crippen LogP contribution in [0.15, 0.2) is 66.5 Å². The normalized spacial score (nSPS) is 14.5. The summed E-state index contributed by atoms with van der Waals surface area (Å²) in [4.78, 5) is 43.6. The molecule has 0 radical (unpaired) electrons. The Balaban J connectivity index is 1.64. The van der Waals surface area contributed by atoms with E-state index < -0.39 is 29.2 Å². The lowest BCUT2D eigenvalue weighted by molar-refractivity contribution is -0.114. The maximum absolute atomic E-state index is 13.5. The number of hydrogen-bond acceptors (Lipinski definition) is 4. The lowest BCUT2D eigenvalue weighted by Crippen LogP contribution is -2.37. The molecule has 0 aliphatic carbocycles. The molecule has 2 heterocycles. The van der Waals surface area contributed by atoms with Crippen molar-refractivity contribution in [2.24, 2.45) is 0 Å². The van der Waals surface area contributed by atoms with E-state index in [1.165, 1.54) is 42.3 Å². The minimum absolute atomic E-state index is 0.162. The van der Waals surface area contributed by atoms with E-state index in [4.69, 9.17) is 0 Å². The van der Waals surface area contributed by atoms with Gasteiger partial charge < -0.3 is 10.2 Å². The van der Waals surface area contributed by atoms with Crippen molar-refractivity contribution in [2.75, 3.05) is 11.9 Å². The van der Waals surface area contributed by atoms with Gasteiger partial charge in [-0.05, 0) is 53.6 Å². The minimum atomic E-state index is -1.09. The van der Waals surface area contributed by atoms with E-state index >= 15 is 0 Å². The second kappa shape index (κ2) is 8.50. The molecule has 0 saturated heterocycles. The lowest BCUT2D eigenvalue weighted by atomic mass is 9.92. The molecule has 32 heavy (non-hydrogen) atoms. The van der Waals surface area contributed by atoms with Crippen molar-refractivity contribution in [1.29, 1.82) is 0 Å². The molecule has 2 aromatic carbocycles. The SMILES string of the molecule is CN1C(=O)C(=Cc2ccc(F)c(F)c2)C(=O)c2cc(C(=O)NCc3cccnc3)ccc21. The van der Waals surface area contributed by atoms with Crippen LogP contribution in [0.2, 0.25) is 0 Å². The monoisotopic (exact) mass is 433 g/mol. The first kappa shape index (κ1) is 21.0. The van der Waals surface area contributed by atoms with Gasteiger partial charge >= 0.3 is 0 Å². The molecule has 6 nitrogen and oxygen atoms in total. The Hall–Kier alpha value is -4.20. The average Bonchev–Trinajstić information content (AvgIpc) is 2.81. The molecule has 2 amide bonds. The summed E-state index contributed by atoms with van der Waals surface area (Å²) in [6.07, 6.45) is 4.47. The van der Waals surface area contributed by atoms with Crippen molar-refractivity contribution in [3.63, 3.8) is 0 Å². The highest BCUT2D eigenvalue weighted by molar-refractivity contribution is 6.36. The standard InChI is InChI=1S/C24H17F2N3O3/c1-29-21-7-5-16(23(31)28-13-15-3-2-8-27-12-15)11-17(21)22(30)18(24(29)32)9-14-4-6-19(25)20(26)10-14/h2-12H,13H2,1H3,(H,28,31). The van der Waals surface area contributed by atoms with Gasteiger partial charge in [-0.3, -0.25) is 19.4 Å². The number of ketones is 1. The van der Waals surface area contributed by atoms with E-state index in [2.05, 4.69) is 10.3 Å². The summed E-state index contributed by atoms with van der Waals surface area (Å²) in [6.45, 7) is 0.261. The van der Waals surface area contributed by atoms with E-state index in [1.807, 2.05) is 6.07 Å². The van der Waals surface area contributed by atoms with Crippen LogP contribution in [0, 0.1) is 11.6 Å². The van der Waals surface area contributed by atoms with E-state index in [0.717, 1.165) is 17.7 Å². The number of anilines is 1. The van der Waals surface area contributed by atoms with Gasteiger partial charge in [0.15, 0.2) is 11.6 Å². The Bertz CT molecular complexity index is 1270. The van der Waals surface area contributed by atoms with Crippen LogP contribution in [0.4, 0.5) is 14.5 Å². The largest absolute Gasteiger partial charge is 0.348 e. The van der Waals surface area contributed by atoms with E-state index in [1.54, 1.807) is 18.5 Å². The molecule has 1 aromatic heterocycles. The summed E-state index contributed by atoms with van der Waals surface area (Å²) in [7, 11) is 1.49. The Labute approximate surface area is 182 Å². The van der Waals surface area contributed by atoms with Gasteiger partial charge in [0.2, 0.25) is 5.78 Å². The Morgan fingerprint density at radius 1 is 1.09 bits per heavy atom. The number of aromatic nitrogens is 1. The van der Waals surface area contributed by atoms with Crippen LogP contribution in [0.25, 0.3) is 6.08 Å². The number of pyridine rings is 1. The fourth-order valence-corrected chi connectivity index (χ4v) is 3.37. The van der Waals surface area contributed by atoms with Crippen LogP contribution in [-0.2, 0) is 11.3 Å². The molecule has 0 bridgehead atoms. The van der Waals surface area contributed by atoms with E-state index in [9.17, 15) is 23.2 Å². The second-order valence-corrected chi connectivity index (χ2v) is 7.20. The fourth-order valence-electron chi connectivity index (χ4n) is 3.37. The van der Waals surface area contributed by atoms with Crippen molar-refractivity contribution in [1.82, 2.24) is 10.3 Å². The molecule has 0 spiro atoms. The van der Waals surface area contributed by atoms with Crippen LogP contribution in [0.5, 0.6) is 0 Å². The predicted molar refractivity (Wildman–Crippen MR) is 114 cm³/mol. The number of nitrogens with zero attached hydrogens (tertiary/aromatic N) is 2. The summed E-state index contributed by atoms with van der Waals surface area (Å²) < 4.78 is 26.7. The first-order valence-corrected chi connectivity index (χ1v) is 9.66. The van der Waals surface area contributed by atoms with Crippen LogP contribution in [-0.4, -0.2) is 29.6 Å². The topological polar surface area (TPSA) is 79.4 Å². The van der Waals surface area contributed by atoms with Crippen LogP contribution in [0.1, 0.15) is 31.8 Å². The second-order valence-electron chi connectivity index (χ2n) is 7.20. The zero-order chi connectivity index (χ0) is 22.8. The predicted octanol–water partition coefficient (Wildman–Crippen LogP) is 3.53. The number of rotatable bonds is 4. The van der Waals surface area contributed by atoms with Crippen molar-refractivity contribution in [2.45, 2.75) is 6.54 Å². The van der Waals surface area contributed by atoms with Crippen molar-refractivity contribution in [3.05, 3.63) is 100 Å². The van der Waals surface area contributed by atoms with Crippen molar-refractivity contribution in [3.8, 4) is 0 Å². The molecule has 160 valence electrons. The molecule has 4 rings (SSSR count). The van der Waals surface area contributed by atoms with E-state index in [0.29, 0.717) is 5.69 Å². The number of carbonyl (C=O) groups is 3. The maximum atomic E-state index is 13.5. The molecule has 0 atom stereocenters. The molecular weight excluding hydrogens is 416 g/mol. The molecule has 1 aliphatic heterocycles. The molecule has 3 aromatic rings.